The van der Waals surface area contributed by atoms with Crippen molar-refractivity contribution in [1.82, 2.24) is 0 Å². The van der Waals surface area contributed by atoms with Crippen LogP contribution >= 0.6 is 0 Å². The average molecular weight is 250 g/mol. The summed E-state index contributed by atoms with van der Waals surface area (Å²) >= 11 is 0. The molecule has 0 bridgehead atoms. The van der Waals surface area contributed by atoms with Crippen molar-refractivity contribution in [3.8, 4) is 0 Å². The number of esters is 1. The Kier molecular flexibility index (Phi) is 7.58. The van der Waals surface area contributed by atoms with Crippen molar-refractivity contribution < 1.29 is 18.5 Å². The third-order valence-corrected chi connectivity index (χ3v) is 3.08. The van der Waals surface area contributed by atoms with Gasteiger partial charge in [-0.05, 0) is 27.2 Å². The summed E-state index contributed by atoms with van der Waals surface area (Å²) in [6, 6.07) is 0. The Labute approximate surface area is 100 Å². The van der Waals surface area contributed by atoms with E-state index >= 15 is 0 Å². The monoisotopic (exact) mass is 250 g/mol. The van der Waals surface area contributed by atoms with Gasteiger partial charge in [-0.15, -0.1) is 0 Å². The molecule has 0 aliphatic heterocycles. The molecule has 0 aromatic carbocycles. The zero-order valence-electron chi connectivity index (χ0n) is 10.6. The second-order valence-corrected chi connectivity index (χ2v) is 6.23. The number of carbonyl (C=O) groups excluding carboxylic acids is 1. The molecule has 0 heterocycles. The quantitative estimate of drug-likeness (QED) is 0.507. The molecule has 0 aliphatic rings. The van der Waals surface area contributed by atoms with Crippen LogP contribution in [0, 0.1) is 0 Å². The first-order valence-corrected chi connectivity index (χ1v) is 6.89. The molecule has 16 heavy (non-hydrogen) atoms. The average Bonchev–Trinajstić information content (AvgIpc) is 2.12. The first-order valence-electron chi connectivity index (χ1n) is 5.41. The van der Waals surface area contributed by atoms with Crippen LogP contribution in [0.1, 0.15) is 33.6 Å². The molecule has 0 spiro atoms. The first kappa shape index (κ1) is 15.6. The Morgan fingerprint density at radius 3 is 2.38 bits per heavy atom. The summed E-state index contributed by atoms with van der Waals surface area (Å²) in [4.78, 5) is 11.3. The van der Waals surface area contributed by atoms with Crippen LogP contribution < -0.4 is 0 Å². The van der Waals surface area contributed by atoms with Crippen LogP contribution in [-0.4, -0.2) is 41.0 Å². The summed E-state index contributed by atoms with van der Waals surface area (Å²) in [5, 5.41) is 0. The van der Waals surface area contributed by atoms with Crippen LogP contribution in [0.15, 0.2) is 0 Å². The van der Waals surface area contributed by atoms with Crippen LogP contribution in [0.2, 0.25) is 0 Å². The molecule has 0 aromatic heterocycles. The highest BCUT2D eigenvalue weighted by Crippen LogP contribution is 2.08. The predicted molar refractivity (Wildman–Crippen MR) is 64.8 cm³/mol. The molecule has 5 heteroatoms. The van der Waals surface area contributed by atoms with Gasteiger partial charge < -0.3 is 9.47 Å². The lowest BCUT2D eigenvalue weighted by Crippen LogP contribution is -2.24. The Morgan fingerprint density at radius 1 is 1.25 bits per heavy atom. The minimum Gasteiger partial charge on any atom is -0.460 e. The molecular weight excluding hydrogens is 228 g/mol. The number of rotatable bonds is 7. The van der Waals surface area contributed by atoms with Crippen molar-refractivity contribution in [2.75, 3.05) is 25.2 Å². The molecule has 4 nitrogen and oxygen atoms in total. The molecule has 0 fully saturated rings. The van der Waals surface area contributed by atoms with Gasteiger partial charge in [-0.2, -0.15) is 0 Å². The Balaban J connectivity index is 3.63. The summed E-state index contributed by atoms with van der Waals surface area (Å²) in [7, 11) is 0.663. The number of hydrogen-bond donors (Lipinski definition) is 0. The molecule has 0 aliphatic carbocycles. The van der Waals surface area contributed by atoms with E-state index in [4.69, 9.17) is 9.47 Å². The molecule has 0 radical (unpaired) electrons. The van der Waals surface area contributed by atoms with Gasteiger partial charge in [0.2, 0.25) is 0 Å². The second-order valence-electron chi connectivity index (χ2n) is 4.53. The summed E-state index contributed by atoms with van der Waals surface area (Å²) in [5.41, 5.74) is -0.464. The van der Waals surface area contributed by atoms with Crippen molar-refractivity contribution >= 4 is 16.8 Å². The van der Waals surface area contributed by atoms with E-state index in [-0.39, 0.29) is 12.4 Å². The summed E-state index contributed by atoms with van der Waals surface area (Å²) < 4.78 is 21.4. The van der Waals surface area contributed by atoms with Gasteiger partial charge in [0.25, 0.3) is 0 Å². The first-order chi connectivity index (χ1) is 7.35. The summed E-state index contributed by atoms with van der Waals surface area (Å²) in [5.74, 6) is 0.669. The van der Waals surface area contributed by atoms with E-state index < -0.39 is 16.4 Å². The van der Waals surface area contributed by atoms with E-state index in [1.807, 2.05) is 20.8 Å². The molecule has 96 valence electrons. The molecule has 1 unspecified atom stereocenters. The molecule has 0 aromatic rings. The smallest absolute Gasteiger partial charge is 0.307 e. The minimum atomic E-state index is -0.951. The van der Waals surface area contributed by atoms with Gasteiger partial charge in [0.1, 0.15) is 5.60 Å². The fourth-order valence-corrected chi connectivity index (χ4v) is 2.09. The summed E-state index contributed by atoms with van der Waals surface area (Å²) in [6.07, 6.45) is 0.980. The lowest BCUT2D eigenvalue weighted by molar-refractivity contribution is -0.154. The van der Waals surface area contributed by atoms with Crippen LogP contribution in [0.25, 0.3) is 0 Å². The van der Waals surface area contributed by atoms with E-state index in [0.29, 0.717) is 18.1 Å². The Hall–Kier alpha value is -0.420. The number of hydrogen-bond acceptors (Lipinski definition) is 4. The normalized spacial score (nSPS) is 13.5. The zero-order chi connectivity index (χ0) is 12.6. The summed E-state index contributed by atoms with van der Waals surface area (Å²) in [6.45, 7) is 6.07. The molecular formula is C11H22O4S. The number of methoxy groups -OCH3 is 1. The van der Waals surface area contributed by atoms with Gasteiger partial charge in [-0.1, -0.05) is 0 Å². The van der Waals surface area contributed by atoms with Gasteiger partial charge >= 0.3 is 5.97 Å². The maximum atomic E-state index is 11.4. The highest BCUT2D eigenvalue weighted by molar-refractivity contribution is 7.84. The lowest BCUT2D eigenvalue weighted by atomic mass is 10.2. The van der Waals surface area contributed by atoms with Crippen molar-refractivity contribution in [3.05, 3.63) is 0 Å². The Bertz CT molecular complexity index is 233. The molecule has 1 atom stereocenters. The van der Waals surface area contributed by atoms with Crippen LogP contribution in [0.3, 0.4) is 0 Å². The van der Waals surface area contributed by atoms with E-state index in [1.54, 1.807) is 7.11 Å². The van der Waals surface area contributed by atoms with Crippen molar-refractivity contribution in [2.45, 2.75) is 39.2 Å². The van der Waals surface area contributed by atoms with E-state index in [0.717, 1.165) is 6.42 Å². The lowest BCUT2D eigenvalue weighted by Gasteiger charge is -2.19. The zero-order valence-corrected chi connectivity index (χ0v) is 11.4. The molecule has 0 N–H and O–H groups in total. The number of ether oxygens (including phenoxy) is 2. The predicted octanol–water partition coefficient (Wildman–Crippen LogP) is 1.50. The van der Waals surface area contributed by atoms with Gasteiger partial charge in [-0.25, -0.2) is 0 Å². The number of carbonyl (C=O) groups is 1. The van der Waals surface area contributed by atoms with Crippen LogP contribution in [0.5, 0.6) is 0 Å². The van der Waals surface area contributed by atoms with Gasteiger partial charge in [0.15, 0.2) is 0 Å². The van der Waals surface area contributed by atoms with Gasteiger partial charge in [0, 0.05) is 36.0 Å². The van der Waals surface area contributed by atoms with Gasteiger partial charge in [0.05, 0.1) is 6.42 Å². The van der Waals surface area contributed by atoms with E-state index in [9.17, 15) is 9.00 Å². The maximum absolute atomic E-state index is 11.4. The maximum Gasteiger partial charge on any atom is 0.307 e. The fourth-order valence-electron chi connectivity index (χ4n) is 1.06. The third kappa shape index (κ3) is 10.1. The topological polar surface area (TPSA) is 52.6 Å². The van der Waals surface area contributed by atoms with Gasteiger partial charge in [-0.3, -0.25) is 9.00 Å². The largest absolute Gasteiger partial charge is 0.460 e. The van der Waals surface area contributed by atoms with Crippen LogP contribution in [0.4, 0.5) is 0 Å². The highest BCUT2D eigenvalue weighted by Gasteiger charge is 2.16. The highest BCUT2D eigenvalue weighted by atomic mass is 32.2. The fraction of sp³-hybridized carbons (Fsp3) is 0.909. The molecule has 0 saturated heterocycles. The standard InChI is InChI=1S/C11H22O4S/c1-11(2,3)15-10(12)6-9-16(13)8-5-7-14-4/h5-9H2,1-4H3. The van der Waals surface area contributed by atoms with Crippen LogP contribution in [-0.2, 0) is 25.1 Å². The molecule has 0 rings (SSSR count). The minimum absolute atomic E-state index is 0.219. The van der Waals surface area contributed by atoms with E-state index in [1.165, 1.54) is 0 Å². The molecule has 0 amide bonds. The van der Waals surface area contributed by atoms with E-state index in [2.05, 4.69) is 0 Å². The van der Waals surface area contributed by atoms with Crippen molar-refractivity contribution in [1.29, 1.82) is 0 Å². The molecule has 0 saturated carbocycles. The van der Waals surface area contributed by atoms with Crippen molar-refractivity contribution in [3.63, 3.8) is 0 Å². The van der Waals surface area contributed by atoms with Crippen molar-refractivity contribution in [2.24, 2.45) is 0 Å². The third-order valence-electron chi connectivity index (χ3n) is 1.67. The second kappa shape index (κ2) is 7.79. The SMILES string of the molecule is COCCCS(=O)CCC(=O)OC(C)(C)C. The Morgan fingerprint density at radius 2 is 1.88 bits per heavy atom.